The largest absolute Gasteiger partial charge is 0.494 e. The number of nitrogens with one attached hydrogen (secondary N) is 1. The van der Waals surface area contributed by atoms with Gasteiger partial charge in [-0.15, -0.1) is 0 Å². The van der Waals surface area contributed by atoms with Crippen molar-refractivity contribution in [2.24, 2.45) is 0 Å². The molecule has 6 heteroatoms. The first kappa shape index (κ1) is 14.1. The lowest BCUT2D eigenvalue weighted by atomic mass is 10.2. The van der Waals surface area contributed by atoms with Gasteiger partial charge in [-0.25, -0.2) is 4.39 Å². The molecule has 0 bridgehead atoms. The van der Waals surface area contributed by atoms with Crippen LogP contribution in [0.5, 0.6) is 5.75 Å². The van der Waals surface area contributed by atoms with Gasteiger partial charge in [0, 0.05) is 17.3 Å². The van der Waals surface area contributed by atoms with Crippen LogP contribution in [-0.4, -0.2) is 13.0 Å². The Morgan fingerprint density at radius 2 is 2.05 bits per heavy atom. The zero-order valence-corrected chi connectivity index (χ0v) is 11.4. The summed E-state index contributed by atoms with van der Waals surface area (Å²) in [6, 6.07) is 8.65. The molecule has 2 rings (SSSR count). The predicted molar refractivity (Wildman–Crippen MR) is 76.8 cm³/mol. The van der Waals surface area contributed by atoms with E-state index in [1.165, 1.54) is 19.2 Å². The molecule has 0 aromatic heterocycles. The highest BCUT2D eigenvalue weighted by atomic mass is 35.5. The molecule has 0 radical (unpaired) electrons. The summed E-state index contributed by atoms with van der Waals surface area (Å²) >= 11 is 5.57. The van der Waals surface area contributed by atoms with E-state index in [2.05, 4.69) is 5.32 Å². The minimum Gasteiger partial charge on any atom is -0.494 e. The molecule has 0 saturated carbocycles. The molecule has 3 N–H and O–H groups in total. The second-order valence-corrected chi connectivity index (χ2v) is 4.45. The Labute approximate surface area is 120 Å². The molecule has 104 valence electrons. The number of benzene rings is 2. The highest BCUT2D eigenvalue weighted by molar-refractivity contribution is 6.30. The van der Waals surface area contributed by atoms with Gasteiger partial charge in [-0.3, -0.25) is 4.79 Å². The molecule has 0 heterocycles. The Hall–Kier alpha value is -2.27. The molecule has 2 aromatic carbocycles. The van der Waals surface area contributed by atoms with E-state index in [1.807, 2.05) is 0 Å². The van der Waals surface area contributed by atoms with Crippen LogP contribution in [0, 0.1) is 5.82 Å². The number of methoxy groups -OCH3 is 1. The van der Waals surface area contributed by atoms with Crippen LogP contribution >= 0.6 is 11.6 Å². The standard InChI is InChI=1S/C14H12ClFN2O2/c1-20-13-7-9(17)3-5-12(13)18-14(19)8-2-4-10(15)11(16)6-8/h2-7H,17H2,1H3,(H,18,19). The van der Waals surface area contributed by atoms with Gasteiger partial charge in [0.25, 0.3) is 5.91 Å². The minimum atomic E-state index is -0.649. The SMILES string of the molecule is COc1cc(N)ccc1NC(=O)c1ccc(Cl)c(F)c1. The third-order valence-electron chi connectivity index (χ3n) is 2.66. The quantitative estimate of drug-likeness (QED) is 0.854. The second-order valence-electron chi connectivity index (χ2n) is 4.04. The minimum absolute atomic E-state index is 0.0355. The average Bonchev–Trinajstić information content (AvgIpc) is 2.43. The zero-order chi connectivity index (χ0) is 14.7. The molecular formula is C14H12ClFN2O2. The Morgan fingerprint density at radius 1 is 1.30 bits per heavy atom. The Morgan fingerprint density at radius 3 is 2.70 bits per heavy atom. The molecule has 4 nitrogen and oxygen atoms in total. The lowest BCUT2D eigenvalue weighted by molar-refractivity contribution is 0.102. The van der Waals surface area contributed by atoms with Crippen LogP contribution in [0.15, 0.2) is 36.4 Å². The van der Waals surface area contributed by atoms with E-state index in [1.54, 1.807) is 18.2 Å². The Kier molecular flexibility index (Phi) is 4.10. The number of nitrogen functional groups attached to an aromatic ring is 1. The molecule has 0 aliphatic heterocycles. The molecule has 0 atom stereocenters. The van der Waals surface area contributed by atoms with Crippen LogP contribution < -0.4 is 15.8 Å². The van der Waals surface area contributed by atoms with Crippen LogP contribution in [0.4, 0.5) is 15.8 Å². The lowest BCUT2D eigenvalue weighted by Crippen LogP contribution is -2.13. The molecule has 0 saturated heterocycles. The number of ether oxygens (including phenoxy) is 1. The summed E-state index contributed by atoms with van der Waals surface area (Å²) in [5.41, 5.74) is 6.74. The van der Waals surface area contributed by atoms with Gasteiger partial charge >= 0.3 is 0 Å². The predicted octanol–water partition coefficient (Wildman–Crippen LogP) is 3.32. The lowest BCUT2D eigenvalue weighted by Gasteiger charge is -2.11. The van der Waals surface area contributed by atoms with E-state index in [0.717, 1.165) is 6.07 Å². The molecule has 0 aliphatic rings. The number of hydrogen-bond acceptors (Lipinski definition) is 3. The van der Waals surface area contributed by atoms with Gasteiger partial charge in [-0.2, -0.15) is 0 Å². The van der Waals surface area contributed by atoms with Crippen molar-refractivity contribution in [3.05, 3.63) is 52.8 Å². The summed E-state index contributed by atoms with van der Waals surface area (Å²) in [6.45, 7) is 0. The van der Waals surface area contributed by atoms with Gasteiger partial charge < -0.3 is 15.8 Å². The second kappa shape index (κ2) is 5.79. The zero-order valence-electron chi connectivity index (χ0n) is 10.6. The number of amides is 1. The monoisotopic (exact) mass is 294 g/mol. The fourth-order valence-corrected chi connectivity index (χ4v) is 1.76. The first-order chi connectivity index (χ1) is 9.51. The number of anilines is 2. The third-order valence-corrected chi connectivity index (χ3v) is 2.96. The van der Waals surface area contributed by atoms with E-state index in [9.17, 15) is 9.18 Å². The van der Waals surface area contributed by atoms with Crippen LogP contribution in [0.3, 0.4) is 0 Å². The number of nitrogens with two attached hydrogens (primary N) is 1. The number of carbonyl (C=O) groups excluding carboxylic acids is 1. The van der Waals surface area contributed by atoms with Crippen LogP contribution in [0.2, 0.25) is 5.02 Å². The first-order valence-corrected chi connectivity index (χ1v) is 6.09. The van der Waals surface area contributed by atoms with E-state index in [0.29, 0.717) is 17.1 Å². The molecule has 0 fully saturated rings. The fraction of sp³-hybridized carbons (Fsp3) is 0.0714. The molecular weight excluding hydrogens is 283 g/mol. The van der Waals surface area contributed by atoms with E-state index in [-0.39, 0.29) is 10.6 Å². The average molecular weight is 295 g/mol. The first-order valence-electron chi connectivity index (χ1n) is 5.71. The Balaban J connectivity index is 2.25. The van der Waals surface area contributed by atoms with Crippen molar-refractivity contribution in [3.8, 4) is 5.75 Å². The normalized spacial score (nSPS) is 10.2. The van der Waals surface area contributed by atoms with Crippen molar-refractivity contribution in [2.45, 2.75) is 0 Å². The smallest absolute Gasteiger partial charge is 0.255 e. The molecule has 0 unspecified atom stereocenters. The van der Waals surface area contributed by atoms with Gasteiger partial charge in [0.05, 0.1) is 17.8 Å². The highest BCUT2D eigenvalue weighted by Gasteiger charge is 2.12. The van der Waals surface area contributed by atoms with Crippen molar-refractivity contribution in [1.29, 1.82) is 0 Å². The maximum absolute atomic E-state index is 13.3. The van der Waals surface area contributed by atoms with E-state index < -0.39 is 11.7 Å². The van der Waals surface area contributed by atoms with Gasteiger partial charge in [0.2, 0.25) is 0 Å². The maximum atomic E-state index is 13.3. The third kappa shape index (κ3) is 3.00. The van der Waals surface area contributed by atoms with Gasteiger partial charge in [-0.05, 0) is 30.3 Å². The summed E-state index contributed by atoms with van der Waals surface area (Å²) in [4.78, 5) is 12.0. The van der Waals surface area contributed by atoms with E-state index >= 15 is 0 Å². The van der Waals surface area contributed by atoms with Crippen molar-refractivity contribution in [3.63, 3.8) is 0 Å². The number of hydrogen-bond donors (Lipinski definition) is 2. The number of halogens is 2. The molecule has 20 heavy (non-hydrogen) atoms. The Bertz CT molecular complexity index is 662. The maximum Gasteiger partial charge on any atom is 0.255 e. The number of carbonyl (C=O) groups is 1. The summed E-state index contributed by atoms with van der Waals surface area (Å²) in [5.74, 6) is -0.694. The summed E-state index contributed by atoms with van der Waals surface area (Å²) < 4.78 is 18.4. The molecule has 2 aromatic rings. The van der Waals surface area contributed by atoms with Crippen molar-refractivity contribution in [1.82, 2.24) is 0 Å². The highest BCUT2D eigenvalue weighted by Crippen LogP contribution is 2.27. The fourth-order valence-electron chi connectivity index (χ4n) is 1.64. The van der Waals surface area contributed by atoms with Crippen molar-refractivity contribution >= 4 is 28.9 Å². The van der Waals surface area contributed by atoms with Crippen LogP contribution in [0.25, 0.3) is 0 Å². The van der Waals surface area contributed by atoms with Gasteiger partial charge in [-0.1, -0.05) is 11.6 Å². The van der Waals surface area contributed by atoms with Crippen LogP contribution in [0.1, 0.15) is 10.4 Å². The van der Waals surface area contributed by atoms with Gasteiger partial charge in [0.15, 0.2) is 0 Å². The molecule has 1 amide bonds. The van der Waals surface area contributed by atoms with Crippen molar-refractivity contribution < 1.29 is 13.9 Å². The van der Waals surface area contributed by atoms with Crippen LogP contribution in [-0.2, 0) is 0 Å². The topological polar surface area (TPSA) is 64.3 Å². The summed E-state index contributed by atoms with van der Waals surface area (Å²) in [5, 5.41) is 2.59. The van der Waals surface area contributed by atoms with Gasteiger partial charge in [0.1, 0.15) is 11.6 Å². The van der Waals surface area contributed by atoms with E-state index in [4.69, 9.17) is 22.1 Å². The van der Waals surface area contributed by atoms with Crippen molar-refractivity contribution in [2.75, 3.05) is 18.2 Å². The molecule has 0 aliphatic carbocycles. The molecule has 0 spiro atoms. The summed E-state index contributed by atoms with van der Waals surface area (Å²) in [7, 11) is 1.46. The number of rotatable bonds is 3. The summed E-state index contributed by atoms with van der Waals surface area (Å²) in [6.07, 6.45) is 0.